The molecular formula is C26H24BrN3O3. The number of rotatable bonds is 4. The van der Waals surface area contributed by atoms with Crippen molar-refractivity contribution in [2.24, 2.45) is 0 Å². The Kier molecular flexibility index (Phi) is 5.89. The van der Waals surface area contributed by atoms with E-state index in [1.807, 2.05) is 42.6 Å². The summed E-state index contributed by atoms with van der Waals surface area (Å²) >= 11 is 3.53. The van der Waals surface area contributed by atoms with E-state index in [-0.39, 0.29) is 11.6 Å². The fourth-order valence-electron chi connectivity index (χ4n) is 4.82. The Morgan fingerprint density at radius 2 is 1.76 bits per heavy atom. The molecule has 2 fully saturated rings. The Balaban J connectivity index is 1.55. The molecule has 0 unspecified atom stereocenters. The van der Waals surface area contributed by atoms with Gasteiger partial charge in [-0.2, -0.15) is 0 Å². The van der Waals surface area contributed by atoms with E-state index in [9.17, 15) is 14.4 Å². The van der Waals surface area contributed by atoms with Crippen LogP contribution in [0, 0.1) is 0 Å². The van der Waals surface area contributed by atoms with Crippen LogP contribution in [-0.4, -0.2) is 33.4 Å². The molecule has 0 atom stereocenters. The zero-order valence-electron chi connectivity index (χ0n) is 18.1. The number of urea groups is 1. The van der Waals surface area contributed by atoms with Crippen molar-refractivity contribution in [2.45, 2.75) is 44.7 Å². The first-order valence-electron chi connectivity index (χ1n) is 11.2. The summed E-state index contributed by atoms with van der Waals surface area (Å²) in [7, 11) is 0. The van der Waals surface area contributed by atoms with Gasteiger partial charge < -0.3 is 4.57 Å². The highest BCUT2D eigenvalue weighted by Gasteiger charge is 2.40. The van der Waals surface area contributed by atoms with E-state index in [1.54, 1.807) is 6.08 Å². The quantitative estimate of drug-likeness (QED) is 0.388. The highest BCUT2D eigenvalue weighted by molar-refractivity contribution is 9.10. The Morgan fingerprint density at radius 3 is 2.52 bits per heavy atom. The van der Waals surface area contributed by atoms with Crippen molar-refractivity contribution in [3.8, 4) is 0 Å². The van der Waals surface area contributed by atoms with Gasteiger partial charge in [-0.05, 0) is 42.7 Å². The van der Waals surface area contributed by atoms with Crippen molar-refractivity contribution in [1.82, 2.24) is 14.8 Å². The van der Waals surface area contributed by atoms with Crippen molar-refractivity contribution in [2.75, 3.05) is 0 Å². The fraction of sp³-hybridized carbons (Fsp3) is 0.269. The van der Waals surface area contributed by atoms with Gasteiger partial charge in [-0.25, -0.2) is 4.79 Å². The molecule has 7 heteroatoms. The third-order valence-corrected chi connectivity index (χ3v) is 6.94. The fourth-order valence-corrected chi connectivity index (χ4v) is 5.18. The maximum atomic E-state index is 13.3. The molecule has 0 spiro atoms. The molecule has 33 heavy (non-hydrogen) atoms. The molecule has 5 rings (SSSR count). The number of halogens is 1. The van der Waals surface area contributed by atoms with Crippen LogP contribution >= 0.6 is 15.9 Å². The van der Waals surface area contributed by atoms with Crippen molar-refractivity contribution in [3.63, 3.8) is 0 Å². The number of imide groups is 2. The van der Waals surface area contributed by atoms with Gasteiger partial charge in [0.1, 0.15) is 5.57 Å². The zero-order valence-corrected chi connectivity index (χ0v) is 19.7. The Morgan fingerprint density at radius 1 is 1.00 bits per heavy atom. The summed E-state index contributed by atoms with van der Waals surface area (Å²) in [6.45, 7) is 0.662. The first kappa shape index (κ1) is 21.6. The van der Waals surface area contributed by atoms with Gasteiger partial charge in [0.2, 0.25) is 0 Å². The molecule has 1 aliphatic carbocycles. The largest absolute Gasteiger partial charge is 0.342 e. The van der Waals surface area contributed by atoms with Gasteiger partial charge in [0.05, 0.1) is 0 Å². The minimum Gasteiger partial charge on any atom is -0.342 e. The highest BCUT2D eigenvalue weighted by atomic mass is 79.9. The molecule has 1 aromatic heterocycles. The molecule has 168 valence electrons. The van der Waals surface area contributed by atoms with Gasteiger partial charge in [0.15, 0.2) is 0 Å². The van der Waals surface area contributed by atoms with Crippen LogP contribution in [0.4, 0.5) is 4.79 Å². The lowest BCUT2D eigenvalue weighted by Crippen LogP contribution is -2.58. The zero-order chi connectivity index (χ0) is 22.9. The molecule has 2 heterocycles. The van der Waals surface area contributed by atoms with E-state index >= 15 is 0 Å². The van der Waals surface area contributed by atoms with Crippen LogP contribution in [0.1, 0.15) is 43.2 Å². The second-order valence-corrected chi connectivity index (χ2v) is 9.56. The summed E-state index contributed by atoms with van der Waals surface area (Å²) in [5, 5.41) is 3.30. The van der Waals surface area contributed by atoms with Crippen LogP contribution in [-0.2, 0) is 16.1 Å². The predicted molar refractivity (Wildman–Crippen MR) is 130 cm³/mol. The molecule has 2 aromatic carbocycles. The summed E-state index contributed by atoms with van der Waals surface area (Å²) in [6.07, 6.45) is 8.21. The van der Waals surface area contributed by atoms with E-state index < -0.39 is 17.8 Å². The van der Waals surface area contributed by atoms with Crippen LogP contribution < -0.4 is 5.32 Å². The Bertz CT molecular complexity index is 1270. The number of carbonyl (C=O) groups excluding carboxylic acids is 3. The van der Waals surface area contributed by atoms with Gasteiger partial charge in [0.25, 0.3) is 11.8 Å². The topological polar surface area (TPSA) is 71.4 Å². The number of nitrogens with zero attached hydrogens (tertiary/aromatic N) is 2. The Labute approximate surface area is 200 Å². The first-order chi connectivity index (χ1) is 16.0. The number of benzene rings is 2. The summed E-state index contributed by atoms with van der Waals surface area (Å²) < 4.78 is 3.02. The van der Waals surface area contributed by atoms with Crippen LogP contribution in [0.3, 0.4) is 0 Å². The lowest BCUT2D eigenvalue weighted by Gasteiger charge is -2.35. The molecule has 1 saturated carbocycles. The summed E-state index contributed by atoms with van der Waals surface area (Å²) in [4.78, 5) is 39.8. The smallest absolute Gasteiger partial charge is 0.331 e. The molecule has 0 bridgehead atoms. The molecule has 2 aliphatic rings. The lowest BCUT2D eigenvalue weighted by atomic mass is 9.93. The molecule has 4 amide bonds. The molecule has 6 nitrogen and oxygen atoms in total. The average molecular weight is 506 g/mol. The van der Waals surface area contributed by atoms with E-state index in [1.165, 1.54) is 4.90 Å². The van der Waals surface area contributed by atoms with Crippen LogP contribution in [0.2, 0.25) is 0 Å². The average Bonchev–Trinajstić information content (AvgIpc) is 3.14. The second-order valence-electron chi connectivity index (χ2n) is 8.64. The molecule has 1 N–H and O–H groups in total. The number of carbonyl (C=O) groups is 3. The maximum absolute atomic E-state index is 13.3. The molecule has 3 aromatic rings. The monoisotopic (exact) mass is 505 g/mol. The van der Waals surface area contributed by atoms with Gasteiger partial charge in [-0.15, -0.1) is 0 Å². The normalized spacial score (nSPS) is 18.9. The summed E-state index contributed by atoms with van der Waals surface area (Å²) in [5.74, 6) is -1.15. The number of hydrogen-bond donors (Lipinski definition) is 1. The number of nitrogens with one attached hydrogen (secondary N) is 1. The van der Waals surface area contributed by atoms with Crippen molar-refractivity contribution in [1.29, 1.82) is 0 Å². The standard InChI is InChI=1S/C26H24BrN3O3/c27-19-11-12-23-21(14-19)18(16-29(23)15-17-7-3-1-4-8-17)13-22-24(31)28-26(33)30(25(22)32)20-9-5-2-6-10-20/h1,3-4,7-8,11-14,16,20H,2,5-6,9-10,15H2,(H,28,31,33)/b22-13+. The van der Waals surface area contributed by atoms with Gasteiger partial charge >= 0.3 is 6.03 Å². The summed E-state index contributed by atoms with van der Waals surface area (Å²) in [6, 6.07) is 15.3. The van der Waals surface area contributed by atoms with Gasteiger partial charge in [-0.1, -0.05) is 65.5 Å². The van der Waals surface area contributed by atoms with Crippen molar-refractivity contribution in [3.05, 3.63) is 75.9 Å². The SMILES string of the molecule is O=C1NC(=O)N(C2CCCCC2)C(=O)/C1=C/c1cn(Cc2ccccc2)c2ccc(Br)cc12. The minimum absolute atomic E-state index is 0.00101. The number of amides is 4. The minimum atomic E-state index is -0.643. The van der Waals surface area contributed by atoms with Gasteiger partial charge in [0, 0.05) is 39.7 Å². The maximum Gasteiger partial charge on any atom is 0.331 e. The molecular weight excluding hydrogens is 482 g/mol. The van der Waals surface area contributed by atoms with E-state index in [2.05, 4.69) is 37.9 Å². The number of hydrogen-bond acceptors (Lipinski definition) is 3. The first-order valence-corrected chi connectivity index (χ1v) is 12.0. The Hall–Kier alpha value is -3.19. The van der Waals surface area contributed by atoms with E-state index in [0.29, 0.717) is 6.54 Å². The molecule has 1 aliphatic heterocycles. The van der Waals surface area contributed by atoms with Crippen molar-refractivity contribution >= 4 is 50.8 Å². The summed E-state index contributed by atoms with van der Waals surface area (Å²) in [5.41, 5.74) is 2.91. The highest BCUT2D eigenvalue weighted by Crippen LogP contribution is 2.30. The molecule has 0 radical (unpaired) electrons. The third kappa shape index (κ3) is 4.25. The van der Waals surface area contributed by atoms with Crippen LogP contribution in [0.15, 0.2) is 64.8 Å². The molecule has 1 saturated heterocycles. The second kappa shape index (κ2) is 8.98. The predicted octanol–water partition coefficient (Wildman–Crippen LogP) is 5.25. The third-order valence-electron chi connectivity index (χ3n) is 6.44. The van der Waals surface area contributed by atoms with Crippen LogP contribution in [0.5, 0.6) is 0 Å². The number of aromatic nitrogens is 1. The number of barbiturate groups is 1. The van der Waals surface area contributed by atoms with Gasteiger partial charge in [-0.3, -0.25) is 19.8 Å². The van der Waals surface area contributed by atoms with E-state index in [4.69, 9.17) is 0 Å². The van der Waals surface area contributed by atoms with Crippen LogP contribution in [0.25, 0.3) is 17.0 Å². The van der Waals surface area contributed by atoms with Crippen molar-refractivity contribution < 1.29 is 14.4 Å². The number of fused-ring (bicyclic) bond motifs is 1. The van der Waals surface area contributed by atoms with E-state index in [0.717, 1.165) is 58.6 Å². The lowest BCUT2D eigenvalue weighted by molar-refractivity contribution is -0.132.